The van der Waals surface area contributed by atoms with Gasteiger partial charge in [-0.1, -0.05) is 20.8 Å². The second-order valence-corrected chi connectivity index (χ2v) is 8.87. The van der Waals surface area contributed by atoms with Gasteiger partial charge in [-0.2, -0.15) is 0 Å². The van der Waals surface area contributed by atoms with E-state index in [0.717, 1.165) is 16.8 Å². The first-order chi connectivity index (χ1) is 15.6. The molecule has 0 fully saturated rings. The Morgan fingerprint density at radius 1 is 1.12 bits per heavy atom. The quantitative estimate of drug-likeness (QED) is 0.436. The summed E-state index contributed by atoms with van der Waals surface area (Å²) in [5.41, 5.74) is 2.54. The number of aliphatic hydroxyl groups excluding tert-OH is 2. The van der Waals surface area contributed by atoms with Crippen molar-refractivity contribution >= 4 is 12.2 Å². The van der Waals surface area contributed by atoms with Crippen molar-refractivity contribution in [2.45, 2.75) is 51.2 Å². The van der Waals surface area contributed by atoms with Crippen LogP contribution in [-0.2, 0) is 10.2 Å². The van der Waals surface area contributed by atoms with E-state index in [1.807, 2.05) is 37.5 Å². The Morgan fingerprint density at radius 3 is 2.29 bits per heavy atom. The van der Waals surface area contributed by atoms with E-state index in [1.165, 1.54) is 18.2 Å². The van der Waals surface area contributed by atoms with E-state index in [2.05, 4.69) is 4.98 Å². The smallest absolute Gasteiger partial charge is 0.550 e. The van der Waals surface area contributed by atoms with Gasteiger partial charge in [0.15, 0.2) is 0 Å². The van der Waals surface area contributed by atoms with Crippen LogP contribution in [-0.4, -0.2) is 42.9 Å². The SMILES string of the molecule is CC(C)(C)c1nc(-c2ccc(F)cc2)c(-c2ccncc2)n1/C=C/[C@H](O)C[C@H](O)CC(=O)[O-].[Na+]. The van der Waals surface area contributed by atoms with Crippen LogP contribution in [0, 0.1) is 5.82 Å². The number of halogens is 1. The minimum atomic E-state index is -1.38. The van der Waals surface area contributed by atoms with Crippen LogP contribution in [0.5, 0.6) is 0 Å². The number of hydrogen-bond acceptors (Lipinski definition) is 6. The van der Waals surface area contributed by atoms with Crippen molar-refractivity contribution < 1.29 is 54.1 Å². The number of carbonyl (C=O) groups excluding carboxylic acids is 1. The third-order valence-electron chi connectivity index (χ3n) is 5.03. The van der Waals surface area contributed by atoms with E-state index in [-0.39, 0.29) is 47.2 Å². The topological polar surface area (TPSA) is 111 Å². The fourth-order valence-corrected chi connectivity index (χ4v) is 3.52. The largest absolute Gasteiger partial charge is 1.00 e. The average Bonchev–Trinajstić information content (AvgIpc) is 3.13. The number of aliphatic hydroxyl groups is 2. The molecule has 0 aliphatic carbocycles. The van der Waals surface area contributed by atoms with Gasteiger partial charge in [0, 0.05) is 53.9 Å². The number of imidazole rings is 1. The Morgan fingerprint density at radius 2 is 1.74 bits per heavy atom. The molecule has 0 unspecified atom stereocenters. The van der Waals surface area contributed by atoms with E-state index >= 15 is 0 Å². The van der Waals surface area contributed by atoms with Crippen molar-refractivity contribution in [3.8, 4) is 22.5 Å². The van der Waals surface area contributed by atoms with Crippen LogP contribution in [0.15, 0.2) is 54.9 Å². The zero-order chi connectivity index (χ0) is 24.2. The molecule has 7 nitrogen and oxygen atoms in total. The number of aliphatic carboxylic acids is 1. The van der Waals surface area contributed by atoms with Crippen LogP contribution >= 0.6 is 0 Å². The van der Waals surface area contributed by atoms with Crippen molar-refractivity contribution in [3.63, 3.8) is 0 Å². The average molecular weight is 475 g/mol. The van der Waals surface area contributed by atoms with Gasteiger partial charge in [0.2, 0.25) is 0 Å². The first-order valence-corrected chi connectivity index (χ1v) is 10.6. The molecule has 9 heteroatoms. The van der Waals surface area contributed by atoms with Crippen molar-refractivity contribution in [3.05, 3.63) is 66.5 Å². The maximum atomic E-state index is 13.6. The summed E-state index contributed by atoms with van der Waals surface area (Å²) in [5.74, 6) is -1.03. The first-order valence-electron chi connectivity index (χ1n) is 10.6. The Bertz CT molecular complexity index is 1130. The van der Waals surface area contributed by atoms with Crippen molar-refractivity contribution in [1.82, 2.24) is 14.5 Å². The Balaban J connectivity index is 0.00000408. The molecule has 1 aromatic carbocycles. The van der Waals surface area contributed by atoms with E-state index < -0.39 is 24.6 Å². The van der Waals surface area contributed by atoms with Crippen LogP contribution < -0.4 is 34.7 Å². The molecule has 0 amide bonds. The van der Waals surface area contributed by atoms with Gasteiger partial charge in [-0.15, -0.1) is 0 Å². The predicted molar refractivity (Wildman–Crippen MR) is 121 cm³/mol. The maximum absolute atomic E-state index is 13.6. The van der Waals surface area contributed by atoms with Gasteiger partial charge in [0.05, 0.1) is 23.6 Å². The molecule has 0 bridgehead atoms. The molecule has 0 spiro atoms. The Labute approximate surface area is 220 Å². The third kappa shape index (κ3) is 7.07. The molecule has 2 N–H and O–H groups in total. The molecule has 0 saturated carbocycles. The van der Waals surface area contributed by atoms with Gasteiger partial charge >= 0.3 is 29.6 Å². The summed E-state index contributed by atoms with van der Waals surface area (Å²) in [7, 11) is 0. The summed E-state index contributed by atoms with van der Waals surface area (Å²) >= 11 is 0. The summed E-state index contributed by atoms with van der Waals surface area (Å²) in [6.07, 6.45) is 3.43. The third-order valence-corrected chi connectivity index (χ3v) is 5.03. The Kier molecular flexibility index (Phi) is 9.73. The summed E-state index contributed by atoms with van der Waals surface area (Å²) in [4.78, 5) is 19.6. The van der Waals surface area contributed by atoms with E-state index in [4.69, 9.17) is 4.98 Å². The number of rotatable bonds is 8. The summed E-state index contributed by atoms with van der Waals surface area (Å²) in [6, 6.07) is 9.74. The first kappa shape index (κ1) is 27.9. The van der Waals surface area contributed by atoms with Gasteiger partial charge in [0.25, 0.3) is 0 Å². The summed E-state index contributed by atoms with van der Waals surface area (Å²) in [6.45, 7) is 6.01. The number of carboxylic acids is 1. The van der Waals surface area contributed by atoms with E-state index in [0.29, 0.717) is 11.5 Å². The minimum absolute atomic E-state index is 0. The van der Waals surface area contributed by atoms with Gasteiger partial charge < -0.3 is 24.7 Å². The zero-order valence-corrected chi connectivity index (χ0v) is 21.8. The van der Waals surface area contributed by atoms with Gasteiger partial charge in [-0.3, -0.25) is 4.98 Å². The van der Waals surface area contributed by atoms with E-state index in [9.17, 15) is 24.5 Å². The number of hydrogen-bond donors (Lipinski definition) is 2. The maximum Gasteiger partial charge on any atom is 1.00 e. The minimum Gasteiger partial charge on any atom is -0.550 e. The summed E-state index contributed by atoms with van der Waals surface area (Å²) in [5, 5.41) is 30.8. The van der Waals surface area contributed by atoms with Gasteiger partial charge in [0.1, 0.15) is 11.6 Å². The molecule has 0 aliphatic heterocycles. The zero-order valence-electron chi connectivity index (χ0n) is 19.8. The number of nitrogens with zero attached hydrogens (tertiary/aromatic N) is 3. The standard InChI is InChI=1S/C25H28FN3O4.Na/c1-25(2,3)24-28-22(16-4-6-18(26)7-5-16)23(17-8-11-27-12-9-17)29(24)13-10-19(30)14-20(31)15-21(32)33;/h4-13,19-20,30-31H,14-15H2,1-3H3,(H,32,33);/q;+1/p-1/b13-10+;/t19-,20-;/m0./s1. The normalized spacial score (nSPS) is 13.5. The molecule has 0 radical (unpaired) electrons. The monoisotopic (exact) mass is 475 g/mol. The molecule has 0 aliphatic rings. The molecule has 2 heterocycles. The summed E-state index contributed by atoms with van der Waals surface area (Å²) < 4.78 is 15.4. The molecule has 2 atom stereocenters. The van der Waals surface area contributed by atoms with Crippen LogP contribution in [0.2, 0.25) is 0 Å². The number of aromatic nitrogens is 3. The van der Waals surface area contributed by atoms with Crippen LogP contribution in [0.1, 0.15) is 39.4 Å². The molecule has 3 rings (SSSR count). The molecule has 2 aromatic heterocycles. The predicted octanol–water partition coefficient (Wildman–Crippen LogP) is -0.225. The molecule has 34 heavy (non-hydrogen) atoms. The van der Waals surface area contributed by atoms with Crippen LogP contribution in [0.3, 0.4) is 0 Å². The number of benzene rings is 1. The second-order valence-electron chi connectivity index (χ2n) is 8.87. The van der Waals surface area contributed by atoms with Crippen molar-refractivity contribution in [2.24, 2.45) is 0 Å². The second kappa shape index (κ2) is 11.9. The fraction of sp³-hybridized carbons (Fsp3) is 0.320. The van der Waals surface area contributed by atoms with Crippen LogP contribution in [0.25, 0.3) is 28.7 Å². The Hall–Kier alpha value is -2.36. The molecule has 0 saturated heterocycles. The number of carbonyl (C=O) groups is 1. The van der Waals surface area contributed by atoms with Crippen molar-refractivity contribution in [1.29, 1.82) is 0 Å². The van der Waals surface area contributed by atoms with Crippen molar-refractivity contribution in [2.75, 3.05) is 0 Å². The van der Waals surface area contributed by atoms with Crippen LogP contribution in [0.4, 0.5) is 4.39 Å². The molecule has 174 valence electrons. The fourth-order valence-electron chi connectivity index (χ4n) is 3.52. The van der Waals surface area contributed by atoms with E-state index in [1.54, 1.807) is 30.7 Å². The molecular weight excluding hydrogens is 448 g/mol. The van der Waals surface area contributed by atoms with Gasteiger partial charge in [-0.05, 0) is 42.5 Å². The molecular formula is C25H27FN3NaO4. The molecule has 3 aromatic rings. The van der Waals surface area contributed by atoms with Gasteiger partial charge in [-0.25, -0.2) is 9.37 Å². The number of pyridine rings is 1. The number of carboxylic acid groups (broad SMARTS) is 1.